The molecule has 1 fully saturated rings. The number of aromatic nitrogens is 3. The van der Waals surface area contributed by atoms with Crippen LogP contribution in [0.4, 0.5) is 10.2 Å². The maximum Gasteiger partial charge on any atom is 0.281 e. The number of benzene rings is 1. The molecule has 38 heavy (non-hydrogen) atoms. The van der Waals surface area contributed by atoms with Crippen LogP contribution in [0, 0.1) is 17.7 Å². The Balaban J connectivity index is 1.72. The van der Waals surface area contributed by atoms with Gasteiger partial charge in [0.2, 0.25) is 0 Å². The molecule has 0 radical (unpaired) electrons. The van der Waals surface area contributed by atoms with E-state index < -0.39 is 21.7 Å². The molecular formula is C26H32FN5O5S. The molecule has 1 atom stereocenters. The zero-order valence-electron chi connectivity index (χ0n) is 21.6. The number of nitrogens with zero attached hydrogens (tertiary/aromatic N) is 3. The van der Waals surface area contributed by atoms with Gasteiger partial charge in [-0.15, -0.1) is 0 Å². The molecule has 1 unspecified atom stereocenters. The molecule has 3 heterocycles. The number of hydrogen-bond donors (Lipinski definition) is 2. The van der Waals surface area contributed by atoms with Crippen molar-refractivity contribution in [2.24, 2.45) is 11.8 Å². The minimum Gasteiger partial charge on any atom is -0.493 e. The largest absolute Gasteiger partial charge is 0.493 e. The predicted molar refractivity (Wildman–Crippen MR) is 140 cm³/mol. The third-order valence-corrected chi connectivity index (χ3v) is 7.34. The van der Waals surface area contributed by atoms with Gasteiger partial charge in [0.15, 0.2) is 5.03 Å². The number of methoxy groups -OCH3 is 1. The molecular weight excluding hydrogens is 513 g/mol. The van der Waals surface area contributed by atoms with E-state index in [1.165, 1.54) is 30.5 Å². The van der Waals surface area contributed by atoms with Crippen molar-refractivity contribution >= 4 is 21.7 Å². The lowest BCUT2D eigenvalue weighted by Gasteiger charge is -2.34. The Bertz CT molecular complexity index is 1360. The van der Waals surface area contributed by atoms with Crippen molar-refractivity contribution in [3.63, 3.8) is 0 Å². The molecule has 3 aromatic rings. The van der Waals surface area contributed by atoms with E-state index in [4.69, 9.17) is 14.5 Å². The summed E-state index contributed by atoms with van der Waals surface area (Å²) in [7, 11) is -2.53. The molecule has 0 bridgehead atoms. The number of amides is 1. The average molecular weight is 546 g/mol. The Labute approximate surface area is 221 Å². The van der Waals surface area contributed by atoms with Crippen molar-refractivity contribution in [2.45, 2.75) is 31.7 Å². The predicted octanol–water partition coefficient (Wildman–Crippen LogP) is 3.63. The highest BCUT2D eigenvalue weighted by molar-refractivity contribution is 7.90. The third-order valence-electron chi connectivity index (χ3n) is 6.08. The minimum absolute atomic E-state index is 0.0857. The number of hydrogen-bond acceptors (Lipinski definition) is 8. The Morgan fingerprint density at radius 2 is 2.08 bits per heavy atom. The fourth-order valence-corrected chi connectivity index (χ4v) is 5.22. The maximum absolute atomic E-state index is 14.5. The summed E-state index contributed by atoms with van der Waals surface area (Å²) in [6.07, 6.45) is 3.09. The van der Waals surface area contributed by atoms with Crippen LogP contribution in [0.2, 0.25) is 0 Å². The van der Waals surface area contributed by atoms with Gasteiger partial charge in [0.05, 0.1) is 30.7 Å². The summed E-state index contributed by atoms with van der Waals surface area (Å²) in [5, 5.41) is 5.76. The van der Waals surface area contributed by atoms with Crippen LogP contribution < -0.4 is 14.4 Å². The zero-order chi connectivity index (χ0) is 27.3. The second kappa shape index (κ2) is 11.9. The van der Waals surface area contributed by atoms with E-state index >= 15 is 0 Å². The summed E-state index contributed by atoms with van der Waals surface area (Å²) in [6, 6.07) is 8.69. The average Bonchev–Trinajstić information content (AvgIpc) is 3.43. The van der Waals surface area contributed by atoms with Gasteiger partial charge in [-0.3, -0.25) is 9.89 Å². The van der Waals surface area contributed by atoms with Crippen LogP contribution in [0.3, 0.4) is 0 Å². The second-order valence-corrected chi connectivity index (χ2v) is 11.4. The second-order valence-electron chi connectivity index (χ2n) is 9.71. The van der Waals surface area contributed by atoms with Gasteiger partial charge in [0.1, 0.15) is 17.4 Å². The molecule has 1 aliphatic rings. The summed E-state index contributed by atoms with van der Waals surface area (Å²) < 4.78 is 53.0. The number of nitrogens with one attached hydrogen (secondary N) is 2. The summed E-state index contributed by atoms with van der Waals surface area (Å²) in [6.45, 7) is 6.17. The van der Waals surface area contributed by atoms with Gasteiger partial charge in [-0.05, 0) is 55.0 Å². The van der Waals surface area contributed by atoms with Crippen molar-refractivity contribution in [3.8, 4) is 17.0 Å². The van der Waals surface area contributed by atoms with Crippen molar-refractivity contribution in [3.05, 3.63) is 54.0 Å². The number of pyridine rings is 1. The molecule has 0 aliphatic carbocycles. The minimum atomic E-state index is -4.17. The standard InChI is InChI=1S/C26H32FN5O5S/c1-17(2)15-37-21-12-19(11-20(27)13-21)23-7-6-22(26(33)31-38(34,35)24-8-9-28-30-24)25(29-23)32-10-4-5-18(14-32)16-36-3/h6-9,11-13,17-18H,4-5,10,14-16H2,1-3H3,(H,28,30)(H,31,33). The first-order valence-corrected chi connectivity index (χ1v) is 13.9. The van der Waals surface area contributed by atoms with Crippen LogP contribution in [0.15, 0.2) is 47.6 Å². The summed E-state index contributed by atoms with van der Waals surface area (Å²) in [4.78, 5) is 19.9. The number of carbonyl (C=O) groups is 1. The number of piperidine rings is 1. The van der Waals surface area contributed by atoms with Crippen molar-refractivity contribution in [1.29, 1.82) is 0 Å². The van der Waals surface area contributed by atoms with E-state index in [0.29, 0.717) is 49.1 Å². The molecule has 2 aromatic heterocycles. The number of halogens is 1. The molecule has 204 valence electrons. The van der Waals surface area contributed by atoms with Crippen LogP contribution in [-0.4, -0.2) is 62.9 Å². The first kappa shape index (κ1) is 27.5. The summed E-state index contributed by atoms with van der Waals surface area (Å²) in [5.41, 5.74) is 0.992. The van der Waals surface area contributed by atoms with Crippen LogP contribution >= 0.6 is 0 Å². The molecule has 12 heteroatoms. The van der Waals surface area contributed by atoms with E-state index in [-0.39, 0.29) is 22.4 Å². The van der Waals surface area contributed by atoms with E-state index in [9.17, 15) is 17.6 Å². The Kier molecular flexibility index (Phi) is 8.62. The number of sulfonamides is 1. The number of H-pyrrole nitrogens is 1. The zero-order valence-corrected chi connectivity index (χ0v) is 22.4. The molecule has 1 aromatic carbocycles. The van der Waals surface area contributed by atoms with E-state index in [0.717, 1.165) is 12.8 Å². The topological polar surface area (TPSA) is 127 Å². The number of carbonyl (C=O) groups excluding carboxylic acids is 1. The lowest BCUT2D eigenvalue weighted by Crippen LogP contribution is -2.39. The number of aromatic amines is 1. The van der Waals surface area contributed by atoms with E-state index in [2.05, 4.69) is 14.9 Å². The van der Waals surface area contributed by atoms with Gasteiger partial charge < -0.3 is 14.4 Å². The number of anilines is 1. The van der Waals surface area contributed by atoms with Gasteiger partial charge in [0, 0.05) is 31.8 Å². The summed E-state index contributed by atoms with van der Waals surface area (Å²) >= 11 is 0. The van der Waals surface area contributed by atoms with Gasteiger partial charge >= 0.3 is 0 Å². The Hall–Kier alpha value is -3.51. The van der Waals surface area contributed by atoms with Crippen molar-refractivity contribution < 1.29 is 27.1 Å². The quantitative estimate of drug-likeness (QED) is 0.396. The first-order chi connectivity index (χ1) is 18.2. The highest BCUT2D eigenvalue weighted by Crippen LogP contribution is 2.31. The number of rotatable bonds is 10. The van der Waals surface area contributed by atoms with Gasteiger partial charge in [-0.25, -0.2) is 14.1 Å². The highest BCUT2D eigenvalue weighted by atomic mass is 32.2. The normalized spacial score (nSPS) is 16.0. The van der Waals surface area contributed by atoms with Gasteiger partial charge in [-0.1, -0.05) is 13.8 Å². The molecule has 0 spiro atoms. The van der Waals surface area contributed by atoms with Gasteiger partial charge in [0.25, 0.3) is 15.9 Å². The molecule has 1 saturated heterocycles. The molecule has 4 rings (SSSR count). The van der Waals surface area contributed by atoms with Crippen molar-refractivity contribution in [2.75, 3.05) is 38.3 Å². The third kappa shape index (κ3) is 6.67. The van der Waals surface area contributed by atoms with Crippen LogP contribution in [0.25, 0.3) is 11.3 Å². The monoisotopic (exact) mass is 545 g/mol. The van der Waals surface area contributed by atoms with E-state index in [1.54, 1.807) is 19.2 Å². The SMILES string of the molecule is COCC1CCCN(c2nc(-c3cc(F)cc(OCC(C)C)c3)ccc2C(=O)NS(=O)(=O)c2ccn[nH]2)C1. The fraction of sp³-hybridized carbons (Fsp3) is 0.423. The van der Waals surface area contributed by atoms with Gasteiger partial charge in [-0.2, -0.15) is 13.5 Å². The molecule has 1 aliphatic heterocycles. The Morgan fingerprint density at radius 1 is 1.26 bits per heavy atom. The van der Waals surface area contributed by atoms with Crippen LogP contribution in [-0.2, 0) is 14.8 Å². The first-order valence-electron chi connectivity index (χ1n) is 12.4. The lowest BCUT2D eigenvalue weighted by molar-refractivity contribution is 0.0981. The number of ether oxygens (including phenoxy) is 2. The molecule has 0 saturated carbocycles. The van der Waals surface area contributed by atoms with E-state index in [1.807, 2.05) is 18.7 Å². The lowest BCUT2D eigenvalue weighted by atomic mass is 9.98. The molecule has 2 N–H and O–H groups in total. The van der Waals surface area contributed by atoms with Crippen LogP contribution in [0.1, 0.15) is 37.0 Å². The van der Waals surface area contributed by atoms with Crippen molar-refractivity contribution in [1.82, 2.24) is 19.9 Å². The summed E-state index contributed by atoms with van der Waals surface area (Å²) in [5.74, 6) is -0.134. The maximum atomic E-state index is 14.5. The molecule has 1 amide bonds. The van der Waals surface area contributed by atoms with Crippen LogP contribution in [0.5, 0.6) is 5.75 Å². The molecule has 10 nitrogen and oxygen atoms in total. The highest BCUT2D eigenvalue weighted by Gasteiger charge is 2.28. The smallest absolute Gasteiger partial charge is 0.281 e. The Morgan fingerprint density at radius 3 is 2.79 bits per heavy atom. The fourth-order valence-electron chi connectivity index (χ4n) is 4.34.